The first-order valence-corrected chi connectivity index (χ1v) is 6.32. The number of alkyl halides is 3. The molecule has 1 N–H and O–H groups in total. The third kappa shape index (κ3) is 3.54. The molecule has 0 saturated heterocycles. The molecule has 1 heterocycles. The van der Waals surface area contributed by atoms with E-state index in [1.165, 1.54) is 29.3 Å². The highest BCUT2D eigenvalue weighted by Gasteiger charge is 2.33. The van der Waals surface area contributed by atoms with Crippen molar-refractivity contribution in [3.8, 4) is 5.69 Å². The molecule has 2 amide bonds. The molecular formula is C13H14F3N5O. The average Bonchev–Trinajstić information content (AvgIpc) is 2.92. The maximum absolute atomic E-state index is 13.0. The van der Waals surface area contributed by atoms with Crippen molar-refractivity contribution >= 4 is 6.03 Å². The van der Waals surface area contributed by atoms with Crippen LogP contribution >= 0.6 is 0 Å². The molecule has 9 heteroatoms. The van der Waals surface area contributed by atoms with Crippen molar-refractivity contribution in [1.82, 2.24) is 25.2 Å². The number of halogens is 3. The number of para-hydroxylation sites is 1. The van der Waals surface area contributed by atoms with E-state index in [4.69, 9.17) is 0 Å². The highest BCUT2D eigenvalue weighted by molar-refractivity contribution is 5.73. The van der Waals surface area contributed by atoms with Crippen LogP contribution in [-0.4, -0.2) is 40.0 Å². The number of benzene rings is 1. The van der Waals surface area contributed by atoms with Gasteiger partial charge in [-0.2, -0.15) is 13.2 Å². The maximum Gasteiger partial charge on any atom is 0.418 e. The molecule has 0 saturated carbocycles. The minimum atomic E-state index is -4.48. The van der Waals surface area contributed by atoms with E-state index >= 15 is 0 Å². The van der Waals surface area contributed by atoms with Gasteiger partial charge in [-0.25, -0.2) is 9.48 Å². The lowest BCUT2D eigenvalue weighted by Crippen LogP contribution is -2.34. The van der Waals surface area contributed by atoms with Crippen molar-refractivity contribution in [3.05, 3.63) is 41.7 Å². The summed E-state index contributed by atoms with van der Waals surface area (Å²) in [4.78, 5) is 12.7. The molecule has 0 aliphatic heterocycles. The summed E-state index contributed by atoms with van der Waals surface area (Å²) in [6, 6.07) is 4.75. The van der Waals surface area contributed by atoms with Crippen LogP contribution < -0.4 is 5.32 Å². The van der Waals surface area contributed by atoms with Crippen molar-refractivity contribution in [3.63, 3.8) is 0 Å². The first-order valence-electron chi connectivity index (χ1n) is 6.32. The average molecular weight is 313 g/mol. The van der Waals surface area contributed by atoms with Gasteiger partial charge in [-0.15, -0.1) is 5.10 Å². The number of amides is 2. The molecule has 0 aliphatic rings. The molecule has 1 aromatic heterocycles. The summed E-state index contributed by atoms with van der Waals surface area (Å²) in [6.07, 6.45) is -3.14. The van der Waals surface area contributed by atoms with Crippen LogP contribution in [0.2, 0.25) is 0 Å². The standard InChI is InChI=1S/C13H14F3N5O/c1-20(2)12(22)17-7-9-8-21(19-18-9)11-6-4-3-5-10(11)13(14,15)16/h3-6,8H,7H2,1-2H3,(H,17,22). The molecule has 118 valence electrons. The van der Waals surface area contributed by atoms with E-state index in [-0.39, 0.29) is 18.3 Å². The van der Waals surface area contributed by atoms with Crippen LogP contribution in [0.1, 0.15) is 11.3 Å². The predicted octanol–water partition coefficient (Wildman–Crippen LogP) is 2.06. The zero-order chi connectivity index (χ0) is 16.3. The third-order valence-electron chi connectivity index (χ3n) is 2.82. The van der Waals surface area contributed by atoms with Crippen LogP contribution in [0.5, 0.6) is 0 Å². The van der Waals surface area contributed by atoms with Crippen molar-refractivity contribution in [1.29, 1.82) is 0 Å². The molecule has 1 aromatic carbocycles. The number of nitrogens with zero attached hydrogens (tertiary/aromatic N) is 4. The molecule has 0 spiro atoms. The van der Waals surface area contributed by atoms with E-state index < -0.39 is 11.7 Å². The quantitative estimate of drug-likeness (QED) is 0.943. The van der Waals surface area contributed by atoms with Crippen molar-refractivity contribution < 1.29 is 18.0 Å². The molecule has 0 unspecified atom stereocenters. The maximum atomic E-state index is 13.0. The van der Waals surface area contributed by atoms with Gasteiger partial charge in [-0.1, -0.05) is 17.3 Å². The van der Waals surface area contributed by atoms with Gasteiger partial charge in [0.1, 0.15) is 5.69 Å². The number of rotatable bonds is 3. The monoisotopic (exact) mass is 313 g/mol. The number of carbonyl (C=O) groups is 1. The zero-order valence-electron chi connectivity index (χ0n) is 11.9. The Kier molecular flexibility index (Phi) is 4.34. The number of carbonyl (C=O) groups excluding carboxylic acids is 1. The second-order valence-corrected chi connectivity index (χ2v) is 4.72. The van der Waals surface area contributed by atoms with Gasteiger partial charge in [0.2, 0.25) is 0 Å². The Morgan fingerprint density at radius 3 is 2.64 bits per heavy atom. The Hall–Kier alpha value is -2.58. The van der Waals surface area contributed by atoms with E-state index in [1.807, 2.05) is 0 Å². The van der Waals surface area contributed by atoms with Crippen LogP contribution in [0, 0.1) is 0 Å². The van der Waals surface area contributed by atoms with E-state index in [0.717, 1.165) is 10.7 Å². The Bertz CT molecular complexity index is 666. The van der Waals surface area contributed by atoms with E-state index in [1.54, 1.807) is 14.1 Å². The van der Waals surface area contributed by atoms with Crippen molar-refractivity contribution in [2.24, 2.45) is 0 Å². The second-order valence-electron chi connectivity index (χ2n) is 4.72. The van der Waals surface area contributed by atoms with Gasteiger partial charge < -0.3 is 10.2 Å². The molecule has 2 aromatic rings. The summed E-state index contributed by atoms with van der Waals surface area (Å²) in [5.74, 6) is 0. The molecule has 0 fully saturated rings. The van der Waals surface area contributed by atoms with Gasteiger partial charge >= 0.3 is 12.2 Å². The number of urea groups is 1. The van der Waals surface area contributed by atoms with Gasteiger partial charge in [0.15, 0.2) is 0 Å². The Morgan fingerprint density at radius 1 is 1.32 bits per heavy atom. The van der Waals surface area contributed by atoms with Gasteiger partial charge in [-0.3, -0.25) is 0 Å². The lowest BCUT2D eigenvalue weighted by Gasteiger charge is -2.11. The summed E-state index contributed by atoms with van der Waals surface area (Å²) < 4.78 is 39.9. The molecule has 2 rings (SSSR count). The fraction of sp³-hybridized carbons (Fsp3) is 0.308. The molecule has 22 heavy (non-hydrogen) atoms. The first-order chi connectivity index (χ1) is 10.3. The molecule has 0 atom stereocenters. The highest BCUT2D eigenvalue weighted by atomic mass is 19.4. The molecule has 6 nitrogen and oxygen atoms in total. The molecule has 0 radical (unpaired) electrons. The Balaban J connectivity index is 2.21. The van der Waals surface area contributed by atoms with Crippen LogP contribution in [0.4, 0.5) is 18.0 Å². The van der Waals surface area contributed by atoms with Crippen molar-refractivity contribution in [2.75, 3.05) is 14.1 Å². The second kappa shape index (κ2) is 6.04. The lowest BCUT2D eigenvalue weighted by atomic mass is 10.1. The normalized spacial score (nSPS) is 11.3. The van der Waals surface area contributed by atoms with E-state index in [9.17, 15) is 18.0 Å². The molecular weight excluding hydrogens is 299 g/mol. The van der Waals surface area contributed by atoms with Crippen molar-refractivity contribution in [2.45, 2.75) is 12.7 Å². The van der Waals surface area contributed by atoms with Gasteiger partial charge in [0, 0.05) is 14.1 Å². The largest absolute Gasteiger partial charge is 0.418 e. The summed E-state index contributed by atoms with van der Waals surface area (Å²) >= 11 is 0. The summed E-state index contributed by atoms with van der Waals surface area (Å²) in [5, 5.41) is 10.0. The topological polar surface area (TPSA) is 63.1 Å². The highest BCUT2D eigenvalue weighted by Crippen LogP contribution is 2.33. The fourth-order valence-electron chi connectivity index (χ4n) is 1.73. The van der Waals surface area contributed by atoms with Crippen LogP contribution in [-0.2, 0) is 12.7 Å². The van der Waals surface area contributed by atoms with Crippen LogP contribution in [0.25, 0.3) is 5.69 Å². The number of aromatic nitrogens is 3. The number of hydrogen-bond acceptors (Lipinski definition) is 3. The fourth-order valence-corrected chi connectivity index (χ4v) is 1.73. The number of nitrogens with one attached hydrogen (secondary N) is 1. The summed E-state index contributed by atoms with van der Waals surface area (Å²) in [6.45, 7) is 0.0746. The van der Waals surface area contributed by atoms with E-state index in [2.05, 4.69) is 15.6 Å². The smallest absolute Gasteiger partial charge is 0.332 e. The Labute approximate surface area is 124 Å². The summed E-state index contributed by atoms with van der Waals surface area (Å²) in [7, 11) is 3.15. The minimum absolute atomic E-state index is 0.0746. The van der Waals surface area contributed by atoms with Gasteiger partial charge in [0.05, 0.1) is 24.0 Å². The van der Waals surface area contributed by atoms with Gasteiger partial charge in [0.25, 0.3) is 0 Å². The van der Waals surface area contributed by atoms with Crippen LogP contribution in [0.15, 0.2) is 30.5 Å². The molecule has 0 bridgehead atoms. The minimum Gasteiger partial charge on any atom is -0.332 e. The third-order valence-corrected chi connectivity index (χ3v) is 2.82. The predicted molar refractivity (Wildman–Crippen MR) is 72.3 cm³/mol. The van der Waals surface area contributed by atoms with Crippen LogP contribution in [0.3, 0.4) is 0 Å². The van der Waals surface area contributed by atoms with Gasteiger partial charge in [-0.05, 0) is 12.1 Å². The van der Waals surface area contributed by atoms with E-state index in [0.29, 0.717) is 5.69 Å². The first kappa shape index (κ1) is 15.8. The zero-order valence-corrected chi connectivity index (χ0v) is 11.9. The lowest BCUT2D eigenvalue weighted by molar-refractivity contribution is -0.137. The SMILES string of the molecule is CN(C)C(=O)NCc1cn(-c2ccccc2C(F)(F)F)nn1. The molecule has 0 aliphatic carbocycles. The Morgan fingerprint density at radius 2 is 2.00 bits per heavy atom. The summed E-state index contributed by atoms with van der Waals surface area (Å²) in [5.41, 5.74) is -0.566. The number of hydrogen-bond donors (Lipinski definition) is 1.